The number of hydrogen-bond donors (Lipinski definition) is 4. The molecule has 0 bridgehead atoms. The lowest BCUT2D eigenvalue weighted by atomic mass is 10.1. The lowest BCUT2D eigenvalue weighted by Gasteiger charge is -2.21. The van der Waals surface area contributed by atoms with Crippen molar-refractivity contribution in [1.82, 2.24) is 0 Å². The van der Waals surface area contributed by atoms with E-state index >= 15 is 0 Å². The Morgan fingerprint density at radius 3 is 0.833 bits per heavy atom. The van der Waals surface area contributed by atoms with Crippen molar-refractivity contribution in [2.75, 3.05) is 26.2 Å². The molecule has 0 aromatic carbocycles. The van der Waals surface area contributed by atoms with Gasteiger partial charge in [0.25, 0.3) is 0 Å². The molecule has 4 unspecified atom stereocenters. The normalized spacial score (nSPS) is 32.5. The van der Waals surface area contributed by atoms with E-state index in [1.165, 1.54) is 51.4 Å². The summed E-state index contributed by atoms with van der Waals surface area (Å²) in [7, 11) is 7.84. The van der Waals surface area contributed by atoms with Gasteiger partial charge in [0.05, 0.1) is 0 Å². The summed E-state index contributed by atoms with van der Waals surface area (Å²) in [4.78, 5) is 0. The molecule has 1 aliphatic rings. The van der Waals surface area contributed by atoms with Gasteiger partial charge in [-0.2, -0.15) is 0 Å². The summed E-state index contributed by atoms with van der Waals surface area (Å²) in [6.07, 6.45) is 9.76. The van der Waals surface area contributed by atoms with Gasteiger partial charge in [0.1, 0.15) is 0 Å². The number of hydrogen-bond acceptors (Lipinski definition) is 8. The molecule has 4 nitrogen and oxygen atoms in total. The molecule has 0 spiro atoms. The Morgan fingerprint density at radius 1 is 0.458 bits per heavy atom. The third kappa shape index (κ3) is 10.4. The van der Waals surface area contributed by atoms with Crippen LogP contribution in [0.1, 0.15) is 51.4 Å². The van der Waals surface area contributed by atoms with Crippen LogP contribution in [0.2, 0.25) is 0 Å². The molecule has 0 aromatic rings. The predicted octanol–water partition coefficient (Wildman–Crippen LogP) is 3.19. The number of nitrogens with two attached hydrogens (primary N) is 4. The van der Waals surface area contributed by atoms with E-state index < -0.39 is 0 Å². The van der Waals surface area contributed by atoms with Crippen LogP contribution in [0.15, 0.2) is 0 Å². The van der Waals surface area contributed by atoms with E-state index in [0.717, 1.165) is 26.2 Å². The minimum Gasteiger partial charge on any atom is -0.329 e. The van der Waals surface area contributed by atoms with Crippen LogP contribution in [0, 0.1) is 0 Å². The topological polar surface area (TPSA) is 104 Å². The molecular weight excluding hydrogens is 376 g/mol. The van der Waals surface area contributed by atoms with Crippen LogP contribution in [-0.4, -0.2) is 47.2 Å². The molecule has 1 heterocycles. The van der Waals surface area contributed by atoms with Gasteiger partial charge in [0.15, 0.2) is 0 Å². The van der Waals surface area contributed by atoms with Gasteiger partial charge in [-0.15, -0.1) is 0 Å². The molecular formula is C16H36N4S4. The molecule has 8 heteroatoms. The van der Waals surface area contributed by atoms with E-state index in [-0.39, 0.29) is 0 Å². The van der Waals surface area contributed by atoms with Crippen molar-refractivity contribution in [3.05, 3.63) is 0 Å². The maximum Gasteiger partial charge on any atom is 0.0274 e. The zero-order valence-electron chi connectivity index (χ0n) is 14.7. The first-order chi connectivity index (χ1) is 11.7. The van der Waals surface area contributed by atoms with Crippen LogP contribution in [0.3, 0.4) is 0 Å². The fraction of sp³-hybridized carbons (Fsp3) is 1.00. The van der Waals surface area contributed by atoms with E-state index in [1.807, 2.05) is 43.2 Å². The van der Waals surface area contributed by atoms with Gasteiger partial charge in [-0.3, -0.25) is 0 Å². The second-order valence-corrected chi connectivity index (χ2v) is 12.1. The average molecular weight is 413 g/mol. The summed E-state index contributed by atoms with van der Waals surface area (Å²) in [5, 5.41) is 2.21. The van der Waals surface area contributed by atoms with Crippen LogP contribution in [-0.2, 0) is 0 Å². The smallest absolute Gasteiger partial charge is 0.0274 e. The van der Waals surface area contributed by atoms with Crippen LogP contribution in [0.5, 0.6) is 0 Å². The zero-order chi connectivity index (χ0) is 17.6. The molecule has 8 N–H and O–H groups in total. The standard InChI is InChI=1S/C16H36N4S4/c17-9-13-5-1-2-6-14(10-18)22-24-16(12-20)8-4-3-7-15(11-19)23-21-13/h13-16H,1-12,17-20H2. The van der Waals surface area contributed by atoms with Gasteiger partial charge >= 0.3 is 0 Å². The Hall–Kier alpha value is 1.24. The quantitative estimate of drug-likeness (QED) is 0.522. The molecule has 0 radical (unpaired) electrons. The molecule has 1 saturated heterocycles. The summed E-state index contributed by atoms with van der Waals surface area (Å²) >= 11 is 0. The maximum absolute atomic E-state index is 5.95. The lowest BCUT2D eigenvalue weighted by molar-refractivity contribution is 0.613. The first kappa shape index (κ1) is 23.3. The van der Waals surface area contributed by atoms with Crippen molar-refractivity contribution in [2.24, 2.45) is 22.9 Å². The Balaban J connectivity index is 2.53. The summed E-state index contributed by atoms with van der Waals surface area (Å²) in [5.41, 5.74) is 23.8. The highest BCUT2D eigenvalue weighted by atomic mass is 33.1. The molecule has 1 rings (SSSR count). The van der Waals surface area contributed by atoms with Gasteiger partial charge < -0.3 is 22.9 Å². The first-order valence-corrected chi connectivity index (χ1v) is 13.7. The highest BCUT2D eigenvalue weighted by molar-refractivity contribution is 8.77. The fourth-order valence-electron chi connectivity index (χ4n) is 2.62. The minimum absolute atomic E-state index is 0.553. The molecule has 0 aliphatic carbocycles. The largest absolute Gasteiger partial charge is 0.329 e. The van der Waals surface area contributed by atoms with E-state index in [2.05, 4.69) is 0 Å². The van der Waals surface area contributed by atoms with Crippen molar-refractivity contribution in [2.45, 2.75) is 72.4 Å². The van der Waals surface area contributed by atoms with Gasteiger partial charge in [-0.1, -0.05) is 68.9 Å². The zero-order valence-corrected chi connectivity index (χ0v) is 18.0. The summed E-state index contributed by atoms with van der Waals surface area (Å²) in [6, 6.07) is 0. The van der Waals surface area contributed by atoms with Crippen LogP contribution >= 0.6 is 43.2 Å². The Kier molecular flexibility index (Phi) is 14.9. The van der Waals surface area contributed by atoms with Gasteiger partial charge in [0.2, 0.25) is 0 Å². The van der Waals surface area contributed by atoms with E-state index in [9.17, 15) is 0 Å². The molecule has 0 saturated carbocycles. The molecule has 0 amide bonds. The molecule has 1 fully saturated rings. The van der Waals surface area contributed by atoms with E-state index in [4.69, 9.17) is 22.9 Å². The third-order valence-electron chi connectivity index (χ3n) is 4.31. The maximum atomic E-state index is 5.95. The highest BCUT2D eigenvalue weighted by Crippen LogP contribution is 2.37. The molecule has 0 aromatic heterocycles. The monoisotopic (exact) mass is 412 g/mol. The van der Waals surface area contributed by atoms with Crippen molar-refractivity contribution in [3.63, 3.8) is 0 Å². The van der Waals surface area contributed by atoms with Crippen molar-refractivity contribution < 1.29 is 0 Å². The van der Waals surface area contributed by atoms with Gasteiger partial charge in [-0.25, -0.2) is 0 Å². The van der Waals surface area contributed by atoms with Crippen molar-refractivity contribution in [1.29, 1.82) is 0 Å². The Labute approximate surface area is 164 Å². The second kappa shape index (κ2) is 15.3. The molecule has 24 heavy (non-hydrogen) atoms. The molecule has 1 aliphatic heterocycles. The molecule has 144 valence electrons. The van der Waals surface area contributed by atoms with Crippen LogP contribution in [0.4, 0.5) is 0 Å². The first-order valence-electron chi connectivity index (χ1n) is 9.18. The lowest BCUT2D eigenvalue weighted by Crippen LogP contribution is -2.21. The fourth-order valence-corrected chi connectivity index (χ4v) is 8.60. The van der Waals surface area contributed by atoms with E-state index in [1.54, 1.807) is 0 Å². The summed E-state index contributed by atoms with van der Waals surface area (Å²) in [5.74, 6) is 0. The van der Waals surface area contributed by atoms with Crippen molar-refractivity contribution in [3.8, 4) is 0 Å². The SMILES string of the molecule is NCC1CCCCC(CN)SSC(CN)CCCCC(CN)SS1. The Bertz CT molecular complexity index is 243. The van der Waals surface area contributed by atoms with Gasteiger partial charge in [0, 0.05) is 47.2 Å². The molecule has 4 atom stereocenters. The summed E-state index contributed by atoms with van der Waals surface area (Å²) in [6.45, 7) is 3.05. The van der Waals surface area contributed by atoms with Gasteiger partial charge in [-0.05, 0) is 25.7 Å². The summed E-state index contributed by atoms with van der Waals surface area (Å²) < 4.78 is 0. The van der Waals surface area contributed by atoms with E-state index in [0.29, 0.717) is 21.0 Å². The van der Waals surface area contributed by atoms with Crippen molar-refractivity contribution >= 4 is 43.2 Å². The average Bonchev–Trinajstić information content (AvgIpc) is 2.61. The second-order valence-electron chi connectivity index (χ2n) is 6.38. The minimum atomic E-state index is 0.553. The predicted molar refractivity (Wildman–Crippen MR) is 119 cm³/mol. The Morgan fingerprint density at radius 2 is 0.667 bits per heavy atom. The third-order valence-corrected chi connectivity index (χ3v) is 11.3. The van der Waals surface area contributed by atoms with Crippen LogP contribution < -0.4 is 22.9 Å². The van der Waals surface area contributed by atoms with Crippen LogP contribution in [0.25, 0.3) is 0 Å². The number of rotatable bonds is 4. The highest BCUT2D eigenvalue weighted by Gasteiger charge is 2.17.